The van der Waals surface area contributed by atoms with E-state index in [1.807, 2.05) is 18.0 Å². The second kappa shape index (κ2) is 7.99. The summed E-state index contributed by atoms with van der Waals surface area (Å²) in [6.07, 6.45) is 6.61. The van der Waals surface area contributed by atoms with Crippen molar-refractivity contribution in [3.8, 4) is 0 Å². The molecule has 7 heteroatoms. The van der Waals surface area contributed by atoms with Crippen LogP contribution in [0.2, 0.25) is 0 Å². The van der Waals surface area contributed by atoms with Crippen molar-refractivity contribution in [3.05, 3.63) is 12.3 Å². The molecule has 2 saturated heterocycles. The van der Waals surface area contributed by atoms with E-state index in [1.165, 1.54) is 6.42 Å². The molecule has 2 aliphatic rings. The van der Waals surface area contributed by atoms with E-state index in [9.17, 15) is 4.79 Å². The van der Waals surface area contributed by atoms with Crippen LogP contribution in [0.4, 0.5) is 11.8 Å². The highest BCUT2D eigenvalue weighted by molar-refractivity contribution is 5.77. The topological polar surface area (TPSA) is 70.6 Å². The highest BCUT2D eigenvalue weighted by Gasteiger charge is 2.42. The molecule has 2 aliphatic heterocycles. The van der Waals surface area contributed by atoms with E-state index in [0.717, 1.165) is 57.2 Å². The Hall–Kier alpha value is -1.89. The maximum Gasteiger partial charge on any atom is 0.227 e. The van der Waals surface area contributed by atoms with Crippen LogP contribution < -0.4 is 10.2 Å². The molecule has 7 nitrogen and oxygen atoms in total. The molecule has 0 bridgehead atoms. The number of likely N-dealkylation sites (tertiary alicyclic amines) is 1. The zero-order chi connectivity index (χ0) is 17.7. The molecular weight excluding hydrogens is 318 g/mol. The summed E-state index contributed by atoms with van der Waals surface area (Å²) in [5, 5.41) is 3.08. The van der Waals surface area contributed by atoms with Crippen LogP contribution in [0.25, 0.3) is 0 Å². The van der Waals surface area contributed by atoms with Gasteiger partial charge in [-0.3, -0.25) is 4.79 Å². The molecule has 0 radical (unpaired) electrons. The number of carbonyl (C=O) groups is 1. The Morgan fingerprint density at radius 3 is 3.04 bits per heavy atom. The Morgan fingerprint density at radius 1 is 1.36 bits per heavy atom. The number of aromatic nitrogens is 2. The number of nitrogens with one attached hydrogen (secondary N) is 1. The Bertz CT molecular complexity index is 597. The molecule has 0 aliphatic carbocycles. The van der Waals surface area contributed by atoms with E-state index in [2.05, 4.69) is 20.2 Å². The van der Waals surface area contributed by atoms with Crippen molar-refractivity contribution >= 4 is 17.7 Å². The lowest BCUT2D eigenvalue weighted by molar-refractivity contribution is -0.138. The summed E-state index contributed by atoms with van der Waals surface area (Å²) in [6, 6.07) is 1.88. The molecule has 1 aromatic rings. The van der Waals surface area contributed by atoms with Gasteiger partial charge in [-0.2, -0.15) is 4.98 Å². The van der Waals surface area contributed by atoms with Gasteiger partial charge in [0.15, 0.2) is 0 Å². The highest BCUT2D eigenvalue weighted by atomic mass is 16.5. The molecule has 0 aromatic carbocycles. The smallest absolute Gasteiger partial charge is 0.227 e. The average molecular weight is 347 g/mol. The lowest BCUT2D eigenvalue weighted by Gasteiger charge is -2.48. The molecule has 1 atom stereocenters. The van der Waals surface area contributed by atoms with Gasteiger partial charge in [-0.15, -0.1) is 0 Å². The molecule has 1 N–H and O–H groups in total. The zero-order valence-electron chi connectivity index (χ0n) is 15.3. The molecule has 1 unspecified atom stereocenters. The maximum absolute atomic E-state index is 12.3. The summed E-state index contributed by atoms with van der Waals surface area (Å²) < 4.78 is 5.13. The lowest BCUT2D eigenvalue weighted by Crippen LogP contribution is -2.54. The number of hydrogen-bond acceptors (Lipinski definition) is 6. The normalized spacial score (nSPS) is 24.0. The predicted molar refractivity (Wildman–Crippen MR) is 97.8 cm³/mol. The second-order valence-corrected chi connectivity index (χ2v) is 7.18. The number of anilines is 2. The number of rotatable bonds is 6. The molecule has 3 heterocycles. The molecule has 2 fully saturated rings. The van der Waals surface area contributed by atoms with Gasteiger partial charge in [0.25, 0.3) is 0 Å². The van der Waals surface area contributed by atoms with Gasteiger partial charge in [0.1, 0.15) is 5.82 Å². The standard InChI is InChI=1S/C18H29N5O2/c1-19-15-6-9-20-17(21-15)23-10-3-7-18(14-23)8-5-16(24)22(13-18)11-4-12-25-2/h6,9H,3-5,7-8,10-14H2,1-2H3,(H,19,20,21). The summed E-state index contributed by atoms with van der Waals surface area (Å²) in [5.74, 6) is 1.91. The molecule has 0 saturated carbocycles. The van der Waals surface area contributed by atoms with Gasteiger partial charge in [0.05, 0.1) is 0 Å². The van der Waals surface area contributed by atoms with E-state index in [1.54, 1.807) is 13.3 Å². The molecule has 1 aromatic heterocycles. The van der Waals surface area contributed by atoms with E-state index < -0.39 is 0 Å². The van der Waals surface area contributed by atoms with E-state index in [4.69, 9.17) is 4.74 Å². The summed E-state index contributed by atoms with van der Waals surface area (Å²) >= 11 is 0. The van der Waals surface area contributed by atoms with E-state index in [0.29, 0.717) is 13.0 Å². The van der Waals surface area contributed by atoms with Crippen molar-refractivity contribution in [3.63, 3.8) is 0 Å². The molecule has 25 heavy (non-hydrogen) atoms. The summed E-state index contributed by atoms with van der Waals surface area (Å²) in [7, 11) is 3.58. The van der Waals surface area contributed by atoms with Crippen molar-refractivity contribution in [1.82, 2.24) is 14.9 Å². The molecule has 1 spiro atoms. The van der Waals surface area contributed by atoms with Gasteiger partial charge >= 0.3 is 0 Å². The van der Waals surface area contributed by atoms with Crippen LogP contribution in [0.3, 0.4) is 0 Å². The number of ether oxygens (including phenoxy) is 1. The van der Waals surface area contributed by atoms with Crippen molar-refractivity contribution < 1.29 is 9.53 Å². The number of amides is 1. The van der Waals surface area contributed by atoms with Gasteiger partial charge < -0.3 is 19.9 Å². The molecule has 138 valence electrons. The minimum atomic E-state index is 0.165. The minimum absolute atomic E-state index is 0.165. The van der Waals surface area contributed by atoms with Crippen LogP contribution in [0.15, 0.2) is 12.3 Å². The Morgan fingerprint density at radius 2 is 2.24 bits per heavy atom. The number of piperidine rings is 2. The number of methoxy groups -OCH3 is 1. The Labute approximate surface area is 149 Å². The summed E-state index contributed by atoms with van der Waals surface area (Å²) in [4.78, 5) is 25.7. The van der Waals surface area contributed by atoms with E-state index >= 15 is 0 Å². The van der Waals surface area contributed by atoms with Crippen molar-refractivity contribution in [2.45, 2.75) is 32.1 Å². The van der Waals surface area contributed by atoms with Gasteiger partial charge in [-0.05, 0) is 31.7 Å². The highest BCUT2D eigenvalue weighted by Crippen LogP contribution is 2.39. The summed E-state index contributed by atoms with van der Waals surface area (Å²) in [5.41, 5.74) is 0.165. The first-order valence-corrected chi connectivity index (χ1v) is 9.18. The monoisotopic (exact) mass is 347 g/mol. The first-order chi connectivity index (χ1) is 12.2. The van der Waals surface area contributed by atoms with E-state index in [-0.39, 0.29) is 11.3 Å². The maximum atomic E-state index is 12.3. The van der Waals surface area contributed by atoms with Gasteiger partial charge in [-0.1, -0.05) is 0 Å². The number of hydrogen-bond donors (Lipinski definition) is 1. The second-order valence-electron chi connectivity index (χ2n) is 7.18. The SMILES string of the molecule is CNc1ccnc(N2CCCC3(CCC(=O)N(CCCOC)C3)C2)n1. The van der Waals surface area contributed by atoms with Crippen LogP contribution in [-0.2, 0) is 9.53 Å². The third kappa shape index (κ3) is 4.21. The largest absolute Gasteiger partial charge is 0.385 e. The average Bonchev–Trinajstić information content (AvgIpc) is 2.65. The molecule has 3 rings (SSSR count). The van der Waals surface area contributed by atoms with Crippen LogP contribution >= 0.6 is 0 Å². The first-order valence-electron chi connectivity index (χ1n) is 9.18. The fourth-order valence-corrected chi connectivity index (χ4v) is 4.06. The lowest BCUT2D eigenvalue weighted by atomic mass is 9.73. The van der Waals surface area contributed by atoms with Crippen molar-refractivity contribution in [2.75, 3.05) is 57.2 Å². The first kappa shape index (κ1) is 17.9. The third-order valence-corrected chi connectivity index (χ3v) is 5.37. The van der Waals surface area contributed by atoms with Crippen molar-refractivity contribution in [1.29, 1.82) is 0 Å². The van der Waals surface area contributed by atoms with Crippen LogP contribution in [0.5, 0.6) is 0 Å². The number of carbonyl (C=O) groups excluding carboxylic acids is 1. The fraction of sp³-hybridized carbons (Fsp3) is 0.722. The fourth-order valence-electron chi connectivity index (χ4n) is 4.06. The minimum Gasteiger partial charge on any atom is -0.385 e. The zero-order valence-corrected chi connectivity index (χ0v) is 15.3. The molecule has 1 amide bonds. The van der Waals surface area contributed by atoms with Crippen LogP contribution in [0, 0.1) is 5.41 Å². The van der Waals surface area contributed by atoms with Gasteiger partial charge in [0, 0.05) is 65.0 Å². The van der Waals surface area contributed by atoms with Crippen LogP contribution in [0.1, 0.15) is 32.1 Å². The quantitative estimate of drug-likeness (QED) is 0.791. The third-order valence-electron chi connectivity index (χ3n) is 5.37. The van der Waals surface area contributed by atoms with Gasteiger partial charge in [0.2, 0.25) is 11.9 Å². The number of nitrogens with zero attached hydrogens (tertiary/aromatic N) is 4. The van der Waals surface area contributed by atoms with Gasteiger partial charge in [-0.25, -0.2) is 4.98 Å². The molecular formula is C18H29N5O2. The Balaban J connectivity index is 1.69. The predicted octanol–water partition coefficient (Wildman–Crippen LogP) is 1.76. The summed E-state index contributed by atoms with van der Waals surface area (Å²) in [6.45, 7) is 4.24. The van der Waals surface area contributed by atoms with Crippen molar-refractivity contribution in [2.24, 2.45) is 5.41 Å². The Kier molecular flexibility index (Phi) is 5.73. The van der Waals surface area contributed by atoms with Crippen LogP contribution in [-0.4, -0.2) is 67.7 Å².